The predicted molar refractivity (Wildman–Crippen MR) is 65.5 cm³/mol. The number of benzene rings is 1. The highest BCUT2D eigenvalue weighted by Crippen LogP contribution is 2.31. The Bertz CT molecular complexity index is 741. The average molecular weight is 262 g/mol. The number of ether oxygens (including phenoxy) is 1. The Balaban J connectivity index is 2.94. The lowest BCUT2D eigenvalue weighted by atomic mass is 10.0. The third kappa shape index (κ3) is 2.08. The molecule has 0 radical (unpaired) electrons. The molecule has 6 heteroatoms. The number of phenolic OH excluding ortho intramolecular Hbond substituents is 1. The Kier molecular flexibility index (Phi) is 3.08. The van der Waals surface area contributed by atoms with E-state index in [-0.39, 0.29) is 27.9 Å². The van der Waals surface area contributed by atoms with E-state index < -0.39 is 17.3 Å². The molecule has 1 heterocycles. The van der Waals surface area contributed by atoms with Crippen LogP contribution in [0.25, 0.3) is 11.0 Å². The molecule has 0 spiro atoms. The van der Waals surface area contributed by atoms with Crippen molar-refractivity contribution in [3.05, 3.63) is 39.7 Å². The number of methoxy groups -OCH3 is 1. The van der Waals surface area contributed by atoms with Gasteiger partial charge in [-0.05, 0) is 19.1 Å². The van der Waals surface area contributed by atoms with Gasteiger partial charge in [-0.25, -0.2) is 9.59 Å². The summed E-state index contributed by atoms with van der Waals surface area (Å²) in [5.41, 5.74) is -0.848. The van der Waals surface area contributed by atoms with Crippen LogP contribution in [-0.2, 0) is 4.74 Å². The van der Waals surface area contributed by atoms with Gasteiger partial charge >= 0.3 is 11.6 Å². The Morgan fingerprint density at radius 2 is 1.95 bits per heavy atom. The van der Waals surface area contributed by atoms with Crippen LogP contribution >= 0.6 is 0 Å². The van der Waals surface area contributed by atoms with Crippen LogP contribution in [0.1, 0.15) is 27.6 Å². The molecule has 0 saturated heterocycles. The van der Waals surface area contributed by atoms with Crippen molar-refractivity contribution in [2.24, 2.45) is 0 Å². The Morgan fingerprint density at radius 1 is 1.26 bits per heavy atom. The molecule has 6 nitrogen and oxygen atoms in total. The maximum absolute atomic E-state index is 11.6. The lowest BCUT2D eigenvalue weighted by Crippen LogP contribution is -2.09. The van der Waals surface area contributed by atoms with Gasteiger partial charge in [0.15, 0.2) is 5.78 Å². The normalized spacial score (nSPS) is 10.4. The number of carbonyl (C=O) groups is 2. The number of esters is 1. The smallest absolute Gasteiger partial charge is 0.339 e. The molecular formula is C13H10O6. The molecule has 0 aliphatic carbocycles. The van der Waals surface area contributed by atoms with Crippen LogP contribution in [0.15, 0.2) is 27.4 Å². The zero-order valence-electron chi connectivity index (χ0n) is 10.2. The van der Waals surface area contributed by atoms with Crippen molar-refractivity contribution in [2.45, 2.75) is 6.92 Å². The number of rotatable bonds is 2. The Morgan fingerprint density at radius 3 is 2.53 bits per heavy atom. The fourth-order valence-electron chi connectivity index (χ4n) is 1.80. The summed E-state index contributed by atoms with van der Waals surface area (Å²) < 4.78 is 9.42. The van der Waals surface area contributed by atoms with Crippen LogP contribution in [0.3, 0.4) is 0 Å². The van der Waals surface area contributed by atoms with Crippen LogP contribution in [-0.4, -0.2) is 24.0 Å². The van der Waals surface area contributed by atoms with Crippen molar-refractivity contribution < 1.29 is 23.8 Å². The standard InChI is InChI=1S/C13H10O6/c1-6(14)7-3-4-9-11(12(7)16)8(13(17)18-2)5-10(15)19-9/h3-5,16H,1-2H3. The molecule has 1 N–H and O–H groups in total. The van der Waals surface area contributed by atoms with Crippen LogP contribution in [0.5, 0.6) is 5.75 Å². The highest BCUT2D eigenvalue weighted by molar-refractivity contribution is 6.09. The third-order valence-electron chi connectivity index (χ3n) is 2.67. The zero-order valence-corrected chi connectivity index (χ0v) is 10.2. The van der Waals surface area contributed by atoms with Crippen LogP contribution < -0.4 is 5.63 Å². The second-order valence-electron chi connectivity index (χ2n) is 3.86. The number of carbonyl (C=O) groups excluding carboxylic acids is 2. The molecule has 0 atom stereocenters. The summed E-state index contributed by atoms with van der Waals surface area (Å²) in [4.78, 5) is 34.3. The average Bonchev–Trinajstić information content (AvgIpc) is 2.36. The molecule has 0 bridgehead atoms. The first kappa shape index (κ1) is 12.8. The Hall–Kier alpha value is -2.63. The number of aromatic hydroxyl groups is 1. The van der Waals surface area contributed by atoms with Gasteiger partial charge in [-0.1, -0.05) is 0 Å². The highest BCUT2D eigenvalue weighted by Gasteiger charge is 2.20. The van der Waals surface area contributed by atoms with Crippen molar-refractivity contribution in [3.8, 4) is 5.75 Å². The summed E-state index contributed by atoms with van der Waals surface area (Å²) >= 11 is 0. The van der Waals surface area contributed by atoms with Gasteiger partial charge < -0.3 is 14.3 Å². The van der Waals surface area contributed by atoms with E-state index in [1.807, 2.05) is 0 Å². The molecule has 0 fully saturated rings. The number of phenols is 1. The summed E-state index contributed by atoms with van der Waals surface area (Å²) in [5, 5.41) is 10.0. The molecule has 2 aromatic rings. The maximum atomic E-state index is 11.6. The number of ketones is 1. The van der Waals surface area contributed by atoms with E-state index in [1.165, 1.54) is 19.1 Å². The minimum atomic E-state index is -0.797. The molecule has 0 aliphatic rings. The van der Waals surface area contributed by atoms with E-state index in [0.717, 1.165) is 13.2 Å². The monoisotopic (exact) mass is 262 g/mol. The van der Waals surface area contributed by atoms with Crippen LogP contribution in [0.2, 0.25) is 0 Å². The van der Waals surface area contributed by atoms with E-state index in [4.69, 9.17) is 4.42 Å². The molecule has 0 aliphatic heterocycles. The lowest BCUT2D eigenvalue weighted by molar-refractivity contribution is 0.0601. The van der Waals surface area contributed by atoms with Gasteiger partial charge in [0.1, 0.15) is 11.3 Å². The summed E-state index contributed by atoms with van der Waals surface area (Å²) in [6.07, 6.45) is 0. The first-order chi connectivity index (χ1) is 8.95. The number of hydrogen-bond donors (Lipinski definition) is 1. The minimum Gasteiger partial charge on any atom is -0.506 e. The van der Waals surface area contributed by atoms with Gasteiger partial charge in [-0.15, -0.1) is 0 Å². The highest BCUT2D eigenvalue weighted by atomic mass is 16.5. The van der Waals surface area contributed by atoms with Crippen LogP contribution in [0, 0.1) is 0 Å². The second kappa shape index (κ2) is 4.56. The first-order valence-electron chi connectivity index (χ1n) is 5.34. The Labute approximate surface area is 107 Å². The fourth-order valence-corrected chi connectivity index (χ4v) is 1.80. The molecule has 2 rings (SSSR count). The topological polar surface area (TPSA) is 93.8 Å². The predicted octanol–water partition coefficient (Wildman–Crippen LogP) is 1.49. The summed E-state index contributed by atoms with van der Waals surface area (Å²) in [7, 11) is 1.15. The van der Waals surface area contributed by atoms with E-state index in [9.17, 15) is 19.5 Å². The molecule has 0 amide bonds. The van der Waals surface area contributed by atoms with Gasteiger partial charge in [0, 0.05) is 6.07 Å². The van der Waals surface area contributed by atoms with Crippen molar-refractivity contribution in [1.82, 2.24) is 0 Å². The van der Waals surface area contributed by atoms with Gasteiger partial charge in [0.25, 0.3) is 0 Å². The van der Waals surface area contributed by atoms with E-state index in [0.29, 0.717) is 0 Å². The quantitative estimate of drug-likeness (QED) is 0.500. The van der Waals surface area contributed by atoms with Gasteiger partial charge in [-0.3, -0.25) is 4.79 Å². The molecule has 0 unspecified atom stereocenters. The molecule has 0 saturated carbocycles. The van der Waals surface area contributed by atoms with E-state index in [1.54, 1.807) is 0 Å². The first-order valence-corrected chi connectivity index (χ1v) is 5.34. The number of fused-ring (bicyclic) bond motifs is 1. The lowest BCUT2D eigenvalue weighted by Gasteiger charge is -2.07. The summed E-state index contributed by atoms with van der Waals surface area (Å²) in [6.45, 7) is 1.28. The molecule has 1 aromatic carbocycles. The minimum absolute atomic E-state index is 0.00963. The van der Waals surface area contributed by atoms with Crippen molar-refractivity contribution in [3.63, 3.8) is 0 Å². The second-order valence-corrected chi connectivity index (χ2v) is 3.86. The van der Waals surface area contributed by atoms with Crippen molar-refractivity contribution >= 4 is 22.7 Å². The third-order valence-corrected chi connectivity index (χ3v) is 2.67. The van der Waals surface area contributed by atoms with Gasteiger partial charge in [0.05, 0.1) is 23.6 Å². The maximum Gasteiger partial charge on any atom is 0.339 e. The summed E-state index contributed by atoms with van der Waals surface area (Å²) in [5.74, 6) is -1.58. The van der Waals surface area contributed by atoms with Crippen molar-refractivity contribution in [1.29, 1.82) is 0 Å². The molecule has 1 aromatic heterocycles. The number of Topliss-reactive ketones (excluding diaryl/α,β-unsaturated/α-hetero) is 1. The fraction of sp³-hybridized carbons (Fsp3) is 0.154. The van der Waals surface area contributed by atoms with Crippen molar-refractivity contribution in [2.75, 3.05) is 7.11 Å². The SMILES string of the molecule is COC(=O)c1cc(=O)oc2ccc(C(C)=O)c(O)c12. The number of hydrogen-bond acceptors (Lipinski definition) is 6. The van der Waals surface area contributed by atoms with Crippen LogP contribution in [0.4, 0.5) is 0 Å². The van der Waals surface area contributed by atoms with Gasteiger partial charge in [-0.2, -0.15) is 0 Å². The van der Waals surface area contributed by atoms with Gasteiger partial charge in [0.2, 0.25) is 0 Å². The van der Waals surface area contributed by atoms with E-state index in [2.05, 4.69) is 4.74 Å². The summed E-state index contributed by atoms with van der Waals surface area (Å²) in [6, 6.07) is 3.58. The largest absolute Gasteiger partial charge is 0.506 e. The van der Waals surface area contributed by atoms with E-state index >= 15 is 0 Å². The molecular weight excluding hydrogens is 252 g/mol. The zero-order chi connectivity index (χ0) is 14.2. The molecule has 98 valence electrons. The molecule has 19 heavy (non-hydrogen) atoms.